The molecule has 152 valence electrons. The van der Waals surface area contributed by atoms with E-state index in [2.05, 4.69) is 29.5 Å². The average Bonchev–Trinajstić information content (AvgIpc) is 3.05. The number of fused-ring (bicyclic) bond motifs is 1. The van der Waals surface area contributed by atoms with Gasteiger partial charge in [0.1, 0.15) is 11.3 Å². The van der Waals surface area contributed by atoms with Crippen molar-refractivity contribution in [2.75, 3.05) is 5.32 Å². The first kappa shape index (κ1) is 20.8. The lowest BCUT2D eigenvalue weighted by Crippen LogP contribution is -2.41. The fraction of sp³-hybridized carbons (Fsp3) is 0.318. The Morgan fingerprint density at radius 1 is 1.17 bits per heavy atom. The van der Waals surface area contributed by atoms with E-state index in [1.54, 1.807) is 12.1 Å². The van der Waals surface area contributed by atoms with Crippen molar-refractivity contribution in [3.05, 3.63) is 42.0 Å². The molecule has 2 aromatic carbocycles. The maximum absolute atomic E-state index is 12.1. The smallest absolute Gasteiger partial charge is 0.231 e. The van der Waals surface area contributed by atoms with E-state index in [9.17, 15) is 9.90 Å². The molecule has 0 atom stereocenters. The molecule has 6 nitrogen and oxygen atoms in total. The first-order valence-electron chi connectivity index (χ1n) is 9.41. The summed E-state index contributed by atoms with van der Waals surface area (Å²) in [5, 5.41) is 16.1. The molecule has 0 fully saturated rings. The van der Waals surface area contributed by atoms with E-state index in [0.29, 0.717) is 28.6 Å². The Morgan fingerprint density at radius 3 is 2.55 bits per heavy atom. The predicted octanol–water partition coefficient (Wildman–Crippen LogP) is 5.18. The number of anilines is 1. The van der Waals surface area contributed by atoms with Gasteiger partial charge in [0.15, 0.2) is 10.7 Å². The van der Waals surface area contributed by atoms with Gasteiger partial charge in [0, 0.05) is 11.1 Å². The van der Waals surface area contributed by atoms with Crippen LogP contribution in [0.5, 0.6) is 5.75 Å². The van der Waals surface area contributed by atoms with Gasteiger partial charge in [0.25, 0.3) is 0 Å². The van der Waals surface area contributed by atoms with E-state index in [-0.39, 0.29) is 16.8 Å². The molecule has 1 heterocycles. The lowest BCUT2D eigenvalue weighted by Gasteiger charge is -2.18. The number of phenolic OH excluding ortho intramolecular Hbond substituents is 1. The minimum absolute atomic E-state index is 0.0378. The van der Waals surface area contributed by atoms with Gasteiger partial charge in [-0.05, 0) is 54.0 Å². The number of rotatable bonds is 3. The number of thiocarbonyl (C=S) groups is 1. The van der Waals surface area contributed by atoms with Gasteiger partial charge < -0.3 is 20.2 Å². The number of oxazole rings is 1. The molecule has 0 spiro atoms. The molecule has 0 unspecified atom stereocenters. The zero-order valence-corrected chi connectivity index (χ0v) is 18.0. The van der Waals surface area contributed by atoms with E-state index in [1.165, 1.54) is 6.07 Å². The van der Waals surface area contributed by atoms with Crippen molar-refractivity contribution in [2.24, 2.45) is 5.41 Å². The summed E-state index contributed by atoms with van der Waals surface area (Å²) in [6.45, 7) is 9.65. The highest BCUT2D eigenvalue weighted by Crippen LogP contribution is 2.34. The fourth-order valence-corrected chi connectivity index (χ4v) is 2.87. The number of carbonyl (C=O) groups excluding carboxylic acids is 1. The average molecular weight is 412 g/mol. The highest BCUT2D eigenvalue weighted by atomic mass is 32.1. The Hall–Kier alpha value is -2.93. The molecule has 3 N–H and O–H groups in total. The van der Waals surface area contributed by atoms with Crippen molar-refractivity contribution in [1.29, 1.82) is 0 Å². The first-order valence-corrected chi connectivity index (χ1v) is 9.82. The van der Waals surface area contributed by atoms with Crippen molar-refractivity contribution >= 4 is 40.0 Å². The Labute approximate surface area is 175 Å². The molecule has 0 saturated heterocycles. The van der Waals surface area contributed by atoms with Gasteiger partial charge in [-0.3, -0.25) is 4.79 Å². The summed E-state index contributed by atoms with van der Waals surface area (Å²) < 4.78 is 5.84. The van der Waals surface area contributed by atoms with Crippen molar-refractivity contribution in [3.63, 3.8) is 0 Å². The van der Waals surface area contributed by atoms with E-state index in [4.69, 9.17) is 16.6 Å². The van der Waals surface area contributed by atoms with Crippen molar-refractivity contribution in [2.45, 2.75) is 40.5 Å². The number of aromatic nitrogens is 1. The largest absolute Gasteiger partial charge is 0.507 e. The number of phenols is 1. The summed E-state index contributed by atoms with van der Waals surface area (Å²) >= 11 is 5.22. The van der Waals surface area contributed by atoms with Gasteiger partial charge in [-0.1, -0.05) is 40.7 Å². The Bertz CT molecular complexity index is 1080. The standard InChI is InChI=1S/C22H25N3O3S/c1-12(2)13-6-9-18-16(10-13)24-19(28-18)15-11-14(7-8-17(15)26)23-21(29)25-20(27)22(3,4)5/h6-12,26H,1-5H3,(H2,23,25,27,29). The zero-order chi connectivity index (χ0) is 21.3. The molecule has 0 aliphatic heterocycles. The van der Waals surface area contributed by atoms with E-state index < -0.39 is 5.41 Å². The number of benzene rings is 2. The van der Waals surface area contributed by atoms with Gasteiger partial charge in [-0.25, -0.2) is 4.98 Å². The van der Waals surface area contributed by atoms with Crippen LogP contribution in [-0.2, 0) is 4.79 Å². The van der Waals surface area contributed by atoms with Gasteiger partial charge in [-0.15, -0.1) is 0 Å². The zero-order valence-electron chi connectivity index (χ0n) is 17.2. The molecule has 3 rings (SSSR count). The van der Waals surface area contributed by atoms with Crippen molar-refractivity contribution in [1.82, 2.24) is 10.3 Å². The lowest BCUT2D eigenvalue weighted by atomic mass is 9.96. The van der Waals surface area contributed by atoms with Crippen molar-refractivity contribution in [3.8, 4) is 17.2 Å². The van der Waals surface area contributed by atoms with Crippen LogP contribution in [0.2, 0.25) is 0 Å². The highest BCUT2D eigenvalue weighted by Gasteiger charge is 2.22. The van der Waals surface area contributed by atoms with Crippen LogP contribution in [0.1, 0.15) is 46.1 Å². The summed E-state index contributed by atoms with van der Waals surface area (Å²) in [6, 6.07) is 10.8. The second-order valence-electron chi connectivity index (χ2n) is 8.29. The molecule has 1 amide bonds. The molecule has 0 radical (unpaired) electrons. The maximum Gasteiger partial charge on any atom is 0.231 e. The summed E-state index contributed by atoms with van der Waals surface area (Å²) in [6.07, 6.45) is 0. The Balaban J connectivity index is 1.86. The van der Waals surface area contributed by atoms with E-state index >= 15 is 0 Å². The molecule has 0 bridgehead atoms. The summed E-state index contributed by atoms with van der Waals surface area (Å²) in [7, 11) is 0. The Morgan fingerprint density at radius 2 is 1.90 bits per heavy atom. The van der Waals surface area contributed by atoms with Crippen LogP contribution in [-0.4, -0.2) is 21.1 Å². The number of carbonyl (C=O) groups is 1. The molecule has 29 heavy (non-hydrogen) atoms. The molecular weight excluding hydrogens is 386 g/mol. The lowest BCUT2D eigenvalue weighted by molar-refractivity contribution is -0.126. The monoisotopic (exact) mass is 411 g/mol. The third-order valence-corrected chi connectivity index (χ3v) is 4.68. The SMILES string of the molecule is CC(C)c1ccc2oc(-c3cc(NC(=S)NC(=O)C(C)(C)C)ccc3O)nc2c1. The van der Waals surface area contributed by atoms with Crippen LogP contribution in [0.4, 0.5) is 5.69 Å². The predicted molar refractivity (Wildman–Crippen MR) is 119 cm³/mol. The minimum atomic E-state index is -0.557. The maximum atomic E-state index is 12.1. The van der Waals surface area contributed by atoms with Gasteiger partial charge in [0.2, 0.25) is 11.8 Å². The third kappa shape index (κ3) is 4.74. The van der Waals surface area contributed by atoms with Crippen LogP contribution >= 0.6 is 12.2 Å². The molecule has 0 saturated carbocycles. The van der Waals surface area contributed by atoms with Gasteiger partial charge in [0.05, 0.1) is 5.56 Å². The van der Waals surface area contributed by atoms with Crippen LogP contribution in [0, 0.1) is 5.41 Å². The number of hydrogen-bond acceptors (Lipinski definition) is 5. The quantitative estimate of drug-likeness (QED) is 0.406. The summed E-state index contributed by atoms with van der Waals surface area (Å²) in [4.78, 5) is 16.6. The number of hydrogen-bond donors (Lipinski definition) is 3. The minimum Gasteiger partial charge on any atom is -0.507 e. The summed E-state index contributed by atoms with van der Waals surface area (Å²) in [5.74, 6) is 0.543. The molecule has 0 aliphatic carbocycles. The number of amides is 1. The van der Waals surface area contributed by atoms with Gasteiger partial charge in [-0.2, -0.15) is 0 Å². The molecule has 1 aromatic heterocycles. The van der Waals surface area contributed by atoms with Crippen LogP contribution in [0.25, 0.3) is 22.6 Å². The van der Waals surface area contributed by atoms with E-state index in [1.807, 2.05) is 39.0 Å². The van der Waals surface area contributed by atoms with Gasteiger partial charge >= 0.3 is 0 Å². The Kier molecular flexibility index (Phi) is 5.61. The molecule has 3 aromatic rings. The van der Waals surface area contributed by atoms with Crippen molar-refractivity contribution < 1.29 is 14.3 Å². The fourth-order valence-electron chi connectivity index (χ4n) is 2.66. The topological polar surface area (TPSA) is 87.4 Å². The van der Waals surface area contributed by atoms with E-state index in [0.717, 1.165) is 11.1 Å². The van der Waals surface area contributed by atoms with Crippen LogP contribution in [0.15, 0.2) is 40.8 Å². The normalized spacial score (nSPS) is 11.7. The number of nitrogens with zero attached hydrogens (tertiary/aromatic N) is 1. The molecule has 0 aliphatic rings. The third-order valence-electron chi connectivity index (χ3n) is 4.47. The first-order chi connectivity index (χ1) is 13.5. The second-order valence-corrected chi connectivity index (χ2v) is 8.70. The summed E-state index contributed by atoms with van der Waals surface area (Å²) in [5.41, 5.74) is 3.02. The molecule has 7 heteroatoms. The molecular formula is C22H25N3O3S. The highest BCUT2D eigenvalue weighted by molar-refractivity contribution is 7.80. The van der Waals surface area contributed by atoms with Crippen LogP contribution in [0.3, 0.4) is 0 Å². The van der Waals surface area contributed by atoms with Crippen LogP contribution < -0.4 is 10.6 Å². The number of nitrogens with one attached hydrogen (secondary N) is 2. The second kappa shape index (κ2) is 7.83. The number of aromatic hydroxyl groups is 1.